The van der Waals surface area contributed by atoms with Crippen LogP contribution in [-0.4, -0.2) is 52.8 Å². The van der Waals surface area contributed by atoms with Crippen LogP contribution in [0.2, 0.25) is 0 Å². The Kier molecular flexibility index (Phi) is 16.6. The van der Waals surface area contributed by atoms with Crippen molar-refractivity contribution in [3.8, 4) is 0 Å². The number of rotatable bonds is 18. The first-order chi connectivity index (χ1) is 11.7. The van der Waals surface area contributed by atoms with Crippen LogP contribution in [0.3, 0.4) is 0 Å². The molecule has 146 valence electrons. The van der Waals surface area contributed by atoms with Crippen molar-refractivity contribution in [2.24, 2.45) is 0 Å². The molecular weight excluding hydrogens is 318 g/mol. The highest BCUT2D eigenvalue weighted by Gasteiger charge is 2.42. The van der Waals surface area contributed by atoms with Gasteiger partial charge in [-0.1, -0.05) is 52.4 Å². The third-order valence-electron chi connectivity index (χ3n) is 4.17. The molecular formula is C19H43NO3Si. The van der Waals surface area contributed by atoms with Gasteiger partial charge in [-0.25, -0.2) is 0 Å². The predicted octanol–water partition coefficient (Wildman–Crippen LogP) is 5.04. The second kappa shape index (κ2) is 16.5. The third-order valence-corrected chi connectivity index (χ3v) is 7.19. The number of hydrogen-bond donors (Lipinski definition) is 0. The molecule has 0 aromatic heterocycles. The molecule has 0 bridgehead atoms. The summed E-state index contributed by atoms with van der Waals surface area (Å²) < 4.78 is 18.1. The molecule has 0 fully saturated rings. The van der Waals surface area contributed by atoms with Gasteiger partial charge in [0, 0.05) is 19.8 Å². The highest BCUT2D eigenvalue weighted by molar-refractivity contribution is 6.60. The number of unbranched alkanes of at least 4 members (excludes halogenated alkanes) is 6. The molecule has 0 aliphatic rings. The van der Waals surface area contributed by atoms with Gasteiger partial charge in [-0.05, 0) is 46.7 Å². The zero-order valence-electron chi connectivity index (χ0n) is 17.1. The van der Waals surface area contributed by atoms with Gasteiger partial charge in [0.15, 0.2) is 0 Å². The lowest BCUT2D eigenvalue weighted by molar-refractivity contribution is 0.0561. The molecule has 5 heteroatoms. The number of nitrogens with zero attached hydrogens (tertiary/aromatic N) is 1. The fourth-order valence-electron chi connectivity index (χ4n) is 2.99. The topological polar surface area (TPSA) is 30.9 Å². The van der Waals surface area contributed by atoms with Crippen molar-refractivity contribution < 1.29 is 13.3 Å². The highest BCUT2D eigenvalue weighted by Crippen LogP contribution is 2.15. The van der Waals surface area contributed by atoms with Gasteiger partial charge in [-0.2, -0.15) is 0 Å². The summed E-state index contributed by atoms with van der Waals surface area (Å²) in [5.41, 5.74) is 0. The van der Waals surface area contributed by atoms with Crippen molar-refractivity contribution in [1.82, 2.24) is 4.90 Å². The summed E-state index contributed by atoms with van der Waals surface area (Å²) in [6.45, 7) is 14.9. The van der Waals surface area contributed by atoms with Crippen LogP contribution in [0, 0.1) is 0 Å². The van der Waals surface area contributed by atoms with Crippen molar-refractivity contribution in [3.63, 3.8) is 0 Å². The van der Waals surface area contributed by atoms with Crippen molar-refractivity contribution in [2.45, 2.75) is 86.0 Å². The highest BCUT2D eigenvalue weighted by atomic mass is 28.4. The first-order valence-electron chi connectivity index (χ1n) is 10.3. The van der Waals surface area contributed by atoms with E-state index in [1.165, 1.54) is 51.4 Å². The molecule has 0 aliphatic carbocycles. The summed E-state index contributed by atoms with van der Waals surface area (Å²) >= 11 is 0. The minimum absolute atomic E-state index is 0.658. The molecule has 24 heavy (non-hydrogen) atoms. The molecule has 0 saturated heterocycles. The molecule has 0 aromatic rings. The predicted molar refractivity (Wildman–Crippen MR) is 105 cm³/mol. The van der Waals surface area contributed by atoms with Crippen LogP contribution in [0.5, 0.6) is 0 Å². The van der Waals surface area contributed by atoms with Crippen molar-refractivity contribution in [2.75, 3.05) is 39.1 Å². The maximum atomic E-state index is 6.05. The lowest BCUT2D eigenvalue weighted by atomic mass is 10.2. The normalized spacial score (nSPS) is 12.2. The summed E-state index contributed by atoms with van der Waals surface area (Å²) in [5, 5.41) is 0. The van der Waals surface area contributed by atoms with E-state index in [0.29, 0.717) is 19.8 Å². The zero-order valence-corrected chi connectivity index (χ0v) is 18.1. The van der Waals surface area contributed by atoms with E-state index in [2.05, 4.69) is 18.7 Å². The van der Waals surface area contributed by atoms with E-state index in [0.717, 1.165) is 19.3 Å². The molecule has 0 saturated carbocycles. The molecule has 4 nitrogen and oxygen atoms in total. The van der Waals surface area contributed by atoms with E-state index in [-0.39, 0.29) is 0 Å². The van der Waals surface area contributed by atoms with E-state index < -0.39 is 8.80 Å². The Labute approximate surface area is 152 Å². The van der Waals surface area contributed by atoms with Crippen LogP contribution < -0.4 is 0 Å². The van der Waals surface area contributed by atoms with Gasteiger partial charge in [0.2, 0.25) is 0 Å². The van der Waals surface area contributed by atoms with Crippen LogP contribution in [-0.2, 0) is 13.3 Å². The molecule has 0 aliphatic heterocycles. The van der Waals surface area contributed by atoms with E-state index in [4.69, 9.17) is 13.3 Å². The second-order valence-corrected chi connectivity index (χ2v) is 8.93. The minimum atomic E-state index is -2.57. The first-order valence-corrected chi connectivity index (χ1v) is 12.2. The molecule has 0 aromatic carbocycles. The molecule has 0 atom stereocenters. The summed E-state index contributed by atoms with van der Waals surface area (Å²) in [7, 11) is -2.57. The van der Waals surface area contributed by atoms with Gasteiger partial charge < -0.3 is 13.3 Å². The number of hydrogen-bond acceptors (Lipinski definition) is 4. The van der Waals surface area contributed by atoms with Gasteiger partial charge in [-0.15, -0.1) is 0 Å². The summed E-state index contributed by atoms with van der Waals surface area (Å²) in [6, 6.07) is 0. The Hall–Kier alpha value is 0.0569. The molecule has 0 heterocycles. The van der Waals surface area contributed by atoms with Gasteiger partial charge in [0.1, 0.15) is 0 Å². The van der Waals surface area contributed by atoms with Crippen molar-refractivity contribution in [1.29, 1.82) is 0 Å². The summed E-state index contributed by atoms with van der Waals surface area (Å²) in [6.07, 6.45) is 11.2. The van der Waals surface area contributed by atoms with Crippen LogP contribution in [0.4, 0.5) is 0 Å². The Morgan fingerprint density at radius 1 is 0.583 bits per heavy atom. The fraction of sp³-hybridized carbons (Fsp3) is 1.00. The maximum absolute atomic E-state index is 6.05. The molecule has 0 unspecified atom stereocenters. The van der Waals surface area contributed by atoms with Gasteiger partial charge >= 0.3 is 8.80 Å². The lowest BCUT2D eigenvalue weighted by Crippen LogP contribution is -2.55. The van der Waals surface area contributed by atoms with E-state index in [1.54, 1.807) is 0 Å². The first kappa shape index (κ1) is 24.1. The third kappa shape index (κ3) is 11.6. The Bertz CT molecular complexity index is 238. The van der Waals surface area contributed by atoms with Crippen LogP contribution in [0.25, 0.3) is 0 Å². The molecule has 0 rings (SSSR count). The second-order valence-electron chi connectivity index (χ2n) is 6.38. The van der Waals surface area contributed by atoms with E-state index in [9.17, 15) is 0 Å². The minimum Gasteiger partial charge on any atom is -0.373 e. The maximum Gasteiger partial charge on any atom is 0.515 e. The summed E-state index contributed by atoms with van der Waals surface area (Å²) in [4.78, 5) is 2.54. The van der Waals surface area contributed by atoms with Crippen LogP contribution >= 0.6 is 0 Å². The molecule has 0 spiro atoms. The van der Waals surface area contributed by atoms with Crippen LogP contribution in [0.1, 0.15) is 86.0 Å². The average molecular weight is 362 g/mol. The lowest BCUT2D eigenvalue weighted by Gasteiger charge is -2.33. The molecule has 0 amide bonds. The van der Waals surface area contributed by atoms with Gasteiger partial charge in [0.25, 0.3) is 0 Å². The SMILES string of the molecule is CCCCCCN(CCCCCC)C[Si](OCC)(OCC)OCC. The molecule has 0 N–H and O–H groups in total. The van der Waals surface area contributed by atoms with E-state index >= 15 is 0 Å². The standard InChI is InChI=1S/C19H43NO3Si/c1-6-11-13-15-17-20(18-16-14-12-7-2)19-24(21-8-3,22-9-4)23-10-5/h6-19H2,1-5H3. The van der Waals surface area contributed by atoms with Crippen molar-refractivity contribution >= 4 is 8.80 Å². The quantitative estimate of drug-likeness (QED) is 0.253. The monoisotopic (exact) mass is 361 g/mol. The van der Waals surface area contributed by atoms with Crippen LogP contribution in [0.15, 0.2) is 0 Å². The Balaban J connectivity index is 4.70. The average Bonchev–Trinajstić information content (AvgIpc) is 2.56. The largest absolute Gasteiger partial charge is 0.515 e. The summed E-state index contributed by atoms with van der Waals surface area (Å²) in [5.74, 6) is 0. The van der Waals surface area contributed by atoms with Crippen molar-refractivity contribution in [3.05, 3.63) is 0 Å². The Morgan fingerprint density at radius 3 is 1.33 bits per heavy atom. The fourth-order valence-corrected chi connectivity index (χ4v) is 5.70. The van der Waals surface area contributed by atoms with Gasteiger partial charge in [-0.3, -0.25) is 4.90 Å². The van der Waals surface area contributed by atoms with Gasteiger partial charge in [0.05, 0.1) is 6.17 Å². The van der Waals surface area contributed by atoms with E-state index in [1.807, 2.05) is 20.8 Å². The smallest absolute Gasteiger partial charge is 0.373 e. The molecule has 0 radical (unpaired) electrons. The Morgan fingerprint density at radius 2 is 1.00 bits per heavy atom. The zero-order chi connectivity index (χ0) is 18.1.